The van der Waals surface area contributed by atoms with Crippen LogP contribution in [-0.2, 0) is 10.1 Å². The molecule has 0 N–H and O–H groups in total. The number of nitro groups is 1. The zero-order valence-corrected chi connectivity index (χ0v) is 15.7. The van der Waals surface area contributed by atoms with Gasteiger partial charge in [0.1, 0.15) is 10.6 Å². The number of benzene rings is 3. The van der Waals surface area contributed by atoms with Crippen molar-refractivity contribution in [2.45, 2.75) is 4.90 Å². The van der Waals surface area contributed by atoms with Crippen LogP contribution in [0.2, 0.25) is 0 Å². The Hall–Kier alpha value is -3.96. The van der Waals surface area contributed by atoms with E-state index >= 15 is 0 Å². The SMILES string of the molecule is N#C/C(=C\c1ccccc1OS(=O)(=O)c1ccccc1)c1ccc([N+](=O)[O-])cc1. The van der Waals surface area contributed by atoms with Crippen LogP contribution in [-0.4, -0.2) is 13.3 Å². The summed E-state index contributed by atoms with van der Waals surface area (Å²) in [7, 11) is -4.05. The highest BCUT2D eigenvalue weighted by Crippen LogP contribution is 2.28. The van der Waals surface area contributed by atoms with Gasteiger partial charge in [-0.15, -0.1) is 0 Å². The molecule has 8 heteroatoms. The van der Waals surface area contributed by atoms with E-state index < -0.39 is 15.0 Å². The summed E-state index contributed by atoms with van der Waals surface area (Å²) in [6, 6.07) is 21.6. The fourth-order valence-corrected chi connectivity index (χ4v) is 3.50. The molecule has 3 aromatic carbocycles. The Labute approximate surface area is 167 Å². The Morgan fingerprint density at radius 1 is 0.966 bits per heavy atom. The fraction of sp³-hybridized carbons (Fsp3) is 0. The lowest BCUT2D eigenvalue weighted by Crippen LogP contribution is -2.10. The zero-order valence-electron chi connectivity index (χ0n) is 14.9. The van der Waals surface area contributed by atoms with Crippen molar-refractivity contribution in [1.82, 2.24) is 0 Å². The van der Waals surface area contributed by atoms with Gasteiger partial charge in [-0.3, -0.25) is 10.1 Å². The van der Waals surface area contributed by atoms with E-state index in [0.717, 1.165) is 0 Å². The molecule has 0 unspecified atom stereocenters. The van der Waals surface area contributed by atoms with Gasteiger partial charge in [0.25, 0.3) is 5.69 Å². The lowest BCUT2D eigenvalue weighted by Gasteiger charge is -2.10. The summed E-state index contributed by atoms with van der Waals surface area (Å²) in [5.41, 5.74) is 0.942. The quantitative estimate of drug-likeness (QED) is 0.197. The highest BCUT2D eigenvalue weighted by molar-refractivity contribution is 7.87. The van der Waals surface area contributed by atoms with Crippen LogP contribution in [0.4, 0.5) is 5.69 Å². The van der Waals surface area contributed by atoms with Gasteiger partial charge < -0.3 is 4.18 Å². The second-order valence-corrected chi connectivity index (χ2v) is 7.41. The van der Waals surface area contributed by atoms with Gasteiger partial charge in [0.2, 0.25) is 0 Å². The zero-order chi connectivity index (χ0) is 20.9. The van der Waals surface area contributed by atoms with Gasteiger partial charge in [0, 0.05) is 17.7 Å². The van der Waals surface area contributed by atoms with Crippen LogP contribution >= 0.6 is 0 Å². The molecular weight excluding hydrogens is 392 g/mol. The van der Waals surface area contributed by atoms with Gasteiger partial charge >= 0.3 is 10.1 Å². The van der Waals surface area contributed by atoms with E-state index in [-0.39, 0.29) is 21.9 Å². The molecule has 3 aromatic rings. The van der Waals surface area contributed by atoms with E-state index in [2.05, 4.69) is 0 Å². The van der Waals surface area contributed by atoms with Gasteiger partial charge in [-0.2, -0.15) is 13.7 Å². The van der Waals surface area contributed by atoms with Crippen LogP contribution < -0.4 is 4.18 Å². The monoisotopic (exact) mass is 406 g/mol. The lowest BCUT2D eigenvalue weighted by atomic mass is 10.0. The molecule has 0 radical (unpaired) electrons. The van der Waals surface area contributed by atoms with Crippen molar-refractivity contribution in [1.29, 1.82) is 5.26 Å². The molecule has 0 aliphatic rings. The molecule has 0 aliphatic carbocycles. The summed E-state index contributed by atoms with van der Waals surface area (Å²) in [6.07, 6.45) is 1.47. The minimum Gasteiger partial charge on any atom is -0.378 e. The number of hydrogen-bond donors (Lipinski definition) is 0. The standard InChI is InChI=1S/C21H14N2O5S/c22-15-18(16-10-12-19(13-11-16)23(24)25)14-17-6-4-5-9-21(17)28-29(26,27)20-7-2-1-3-8-20/h1-14H/b18-14+. The summed E-state index contributed by atoms with van der Waals surface area (Å²) in [4.78, 5) is 10.3. The summed E-state index contributed by atoms with van der Waals surface area (Å²) in [6.45, 7) is 0. The van der Waals surface area contributed by atoms with Gasteiger partial charge in [-0.05, 0) is 42.0 Å². The van der Waals surface area contributed by atoms with Crippen molar-refractivity contribution in [3.63, 3.8) is 0 Å². The molecule has 3 rings (SSSR count). The molecule has 7 nitrogen and oxygen atoms in total. The molecule has 0 saturated carbocycles. The number of nitro benzene ring substituents is 1. The molecule has 0 amide bonds. The third kappa shape index (κ3) is 4.66. The molecule has 0 spiro atoms. The summed E-state index contributed by atoms with van der Waals surface area (Å²) in [5, 5.41) is 20.3. The Morgan fingerprint density at radius 3 is 2.21 bits per heavy atom. The van der Waals surface area contributed by atoms with Crippen LogP contribution in [0.5, 0.6) is 5.75 Å². The molecule has 29 heavy (non-hydrogen) atoms. The van der Waals surface area contributed by atoms with Gasteiger partial charge in [0.15, 0.2) is 0 Å². The molecule has 0 fully saturated rings. The maximum atomic E-state index is 12.5. The van der Waals surface area contributed by atoms with Gasteiger partial charge in [-0.1, -0.05) is 36.4 Å². The minimum atomic E-state index is -4.05. The Bertz CT molecular complexity index is 1210. The van der Waals surface area contributed by atoms with Crippen LogP contribution in [0, 0.1) is 21.4 Å². The summed E-state index contributed by atoms with van der Waals surface area (Å²) >= 11 is 0. The smallest absolute Gasteiger partial charge is 0.339 e. The van der Waals surface area contributed by atoms with Crippen molar-refractivity contribution in [3.8, 4) is 11.8 Å². The molecule has 0 aliphatic heterocycles. The first kappa shape index (κ1) is 19.8. The first-order valence-corrected chi connectivity index (χ1v) is 9.77. The third-order valence-electron chi connectivity index (χ3n) is 3.96. The van der Waals surface area contributed by atoms with Gasteiger partial charge in [0.05, 0.1) is 16.6 Å². The van der Waals surface area contributed by atoms with Crippen molar-refractivity contribution in [2.24, 2.45) is 0 Å². The highest BCUT2D eigenvalue weighted by atomic mass is 32.2. The third-order valence-corrected chi connectivity index (χ3v) is 5.21. The number of nitrogens with zero attached hydrogens (tertiary/aromatic N) is 2. The molecule has 0 saturated heterocycles. The van der Waals surface area contributed by atoms with Crippen LogP contribution in [0.1, 0.15) is 11.1 Å². The van der Waals surface area contributed by atoms with Crippen LogP contribution in [0.15, 0.2) is 83.8 Å². The number of allylic oxidation sites excluding steroid dienone is 1. The predicted molar refractivity (Wildman–Crippen MR) is 107 cm³/mol. The maximum Gasteiger partial charge on any atom is 0.339 e. The van der Waals surface area contributed by atoms with Crippen LogP contribution in [0.3, 0.4) is 0 Å². The average molecular weight is 406 g/mol. The molecular formula is C21H14N2O5S. The molecule has 0 atom stereocenters. The largest absolute Gasteiger partial charge is 0.378 e. The van der Waals surface area contributed by atoms with Crippen molar-refractivity contribution >= 4 is 27.5 Å². The first-order valence-electron chi connectivity index (χ1n) is 8.36. The van der Waals surface area contributed by atoms with E-state index in [1.807, 2.05) is 6.07 Å². The molecule has 0 bridgehead atoms. The number of hydrogen-bond acceptors (Lipinski definition) is 6. The minimum absolute atomic E-state index is 0.00894. The number of nitriles is 1. The van der Waals surface area contributed by atoms with E-state index in [4.69, 9.17) is 4.18 Å². The highest BCUT2D eigenvalue weighted by Gasteiger charge is 2.18. The molecule has 0 aromatic heterocycles. The summed E-state index contributed by atoms with van der Waals surface area (Å²) in [5.74, 6) is 0.0611. The number of non-ortho nitro benzene ring substituents is 1. The Kier molecular flexibility index (Phi) is 5.71. The van der Waals surface area contributed by atoms with E-state index in [9.17, 15) is 23.8 Å². The first-order chi connectivity index (χ1) is 13.9. The van der Waals surface area contributed by atoms with E-state index in [0.29, 0.717) is 11.1 Å². The molecule has 0 heterocycles. The average Bonchev–Trinajstić information content (AvgIpc) is 2.73. The van der Waals surface area contributed by atoms with Crippen LogP contribution in [0.25, 0.3) is 11.6 Å². The Morgan fingerprint density at radius 2 is 1.59 bits per heavy atom. The van der Waals surface area contributed by atoms with Crippen molar-refractivity contribution in [3.05, 3.63) is 100 Å². The second kappa shape index (κ2) is 8.37. The normalized spacial score (nSPS) is 11.5. The topological polar surface area (TPSA) is 110 Å². The van der Waals surface area contributed by atoms with E-state index in [1.165, 1.54) is 48.5 Å². The number of para-hydroxylation sites is 1. The summed E-state index contributed by atoms with van der Waals surface area (Å²) < 4.78 is 30.3. The van der Waals surface area contributed by atoms with Gasteiger partial charge in [-0.25, -0.2) is 0 Å². The van der Waals surface area contributed by atoms with Crippen molar-refractivity contribution < 1.29 is 17.5 Å². The number of rotatable bonds is 6. The maximum absolute atomic E-state index is 12.5. The van der Waals surface area contributed by atoms with E-state index in [1.54, 1.807) is 36.4 Å². The molecule has 144 valence electrons. The Balaban J connectivity index is 1.97. The van der Waals surface area contributed by atoms with Crippen molar-refractivity contribution in [2.75, 3.05) is 0 Å². The lowest BCUT2D eigenvalue weighted by molar-refractivity contribution is -0.384. The fourth-order valence-electron chi connectivity index (χ4n) is 2.53. The predicted octanol–water partition coefficient (Wildman–Crippen LogP) is 4.43. The second-order valence-electron chi connectivity index (χ2n) is 5.86.